The van der Waals surface area contributed by atoms with E-state index in [4.69, 9.17) is 18.9 Å². The van der Waals surface area contributed by atoms with Crippen LogP contribution in [0.15, 0.2) is 42.6 Å². The topological polar surface area (TPSA) is 137 Å². The van der Waals surface area contributed by atoms with E-state index in [1.807, 2.05) is 13.8 Å². The SMILES string of the molecule is CCOc1cc(C(Nc2ccc3c(N(C(=O)OC(C)(C)C)C(=O)OC(C)(C)C)nccc3c2F)C(=O)O)ccc1OC(C)C. The van der Waals surface area contributed by atoms with Crippen LogP contribution in [0.5, 0.6) is 11.5 Å². The Bertz CT molecular complexity index is 1500. The summed E-state index contributed by atoms with van der Waals surface area (Å²) in [6.07, 6.45) is -1.03. The number of halogens is 1. The molecule has 0 bridgehead atoms. The van der Waals surface area contributed by atoms with E-state index < -0.39 is 41.2 Å². The number of carbonyl (C=O) groups excluding carboxylic acids is 2. The molecule has 1 aromatic heterocycles. The van der Waals surface area contributed by atoms with Gasteiger partial charge in [-0.3, -0.25) is 0 Å². The standard InChI is InChI=1S/C32H40FN3O8/c1-10-41-24-17-19(11-14-23(24)42-18(2)3)26(28(37)38)35-22-13-12-21-20(25(22)33)15-16-34-27(21)36(29(39)43-31(4,5)6)30(40)44-32(7,8)9/h11-18,26,35H,10H2,1-9H3,(H,37,38). The lowest BCUT2D eigenvalue weighted by Crippen LogP contribution is -2.44. The monoisotopic (exact) mass is 613 g/mol. The van der Waals surface area contributed by atoms with Crippen molar-refractivity contribution >= 4 is 40.4 Å². The molecule has 2 aromatic carbocycles. The van der Waals surface area contributed by atoms with Gasteiger partial charge in [-0.15, -0.1) is 0 Å². The molecule has 0 aliphatic rings. The number of nitrogens with zero attached hydrogens (tertiary/aromatic N) is 2. The minimum absolute atomic E-state index is 0.0306. The van der Waals surface area contributed by atoms with Crippen molar-refractivity contribution < 1.29 is 42.8 Å². The summed E-state index contributed by atoms with van der Waals surface area (Å²) >= 11 is 0. The molecular formula is C32H40FN3O8. The molecule has 44 heavy (non-hydrogen) atoms. The molecule has 1 atom stereocenters. The fourth-order valence-electron chi connectivity index (χ4n) is 4.12. The van der Waals surface area contributed by atoms with Crippen LogP contribution in [0, 0.1) is 5.82 Å². The number of pyridine rings is 1. The fourth-order valence-corrected chi connectivity index (χ4v) is 4.12. The number of benzene rings is 2. The van der Waals surface area contributed by atoms with Gasteiger partial charge in [-0.05, 0) is 98.2 Å². The van der Waals surface area contributed by atoms with Crippen LogP contribution in [0.4, 0.5) is 25.5 Å². The lowest BCUT2D eigenvalue weighted by Gasteiger charge is -2.28. The maximum absolute atomic E-state index is 16.0. The number of imide groups is 1. The average Bonchev–Trinajstić information content (AvgIpc) is 2.87. The molecule has 2 amide bonds. The zero-order valence-electron chi connectivity index (χ0n) is 26.5. The summed E-state index contributed by atoms with van der Waals surface area (Å²) in [6, 6.07) is 7.42. The lowest BCUT2D eigenvalue weighted by atomic mass is 10.0. The van der Waals surface area contributed by atoms with Crippen LogP contribution in [0.2, 0.25) is 0 Å². The van der Waals surface area contributed by atoms with E-state index in [2.05, 4.69) is 10.3 Å². The third kappa shape index (κ3) is 8.48. The number of fused-ring (bicyclic) bond motifs is 1. The number of anilines is 2. The zero-order valence-corrected chi connectivity index (χ0v) is 26.5. The minimum Gasteiger partial charge on any atom is -0.490 e. The summed E-state index contributed by atoms with van der Waals surface area (Å²) in [5.41, 5.74) is -1.76. The fraction of sp³-hybridized carbons (Fsp3) is 0.438. The zero-order chi connectivity index (χ0) is 33.0. The molecule has 0 fully saturated rings. The van der Waals surface area contributed by atoms with Gasteiger partial charge in [0, 0.05) is 17.0 Å². The van der Waals surface area contributed by atoms with Crippen molar-refractivity contribution in [3.63, 3.8) is 0 Å². The second-order valence-electron chi connectivity index (χ2n) is 12.2. The molecule has 0 aliphatic heterocycles. The smallest absolute Gasteiger partial charge is 0.425 e. The highest BCUT2D eigenvalue weighted by Gasteiger charge is 2.35. The highest BCUT2D eigenvalue weighted by atomic mass is 19.1. The Kier molecular flexibility index (Phi) is 10.3. The maximum Gasteiger partial charge on any atom is 0.425 e. The predicted octanol–water partition coefficient (Wildman–Crippen LogP) is 7.47. The number of aromatic nitrogens is 1. The minimum atomic E-state index is -1.37. The van der Waals surface area contributed by atoms with Crippen molar-refractivity contribution in [2.45, 2.75) is 85.7 Å². The number of rotatable bonds is 9. The second kappa shape index (κ2) is 13.4. The van der Waals surface area contributed by atoms with Gasteiger partial charge in [0.1, 0.15) is 11.2 Å². The largest absolute Gasteiger partial charge is 0.490 e. The first-order valence-electron chi connectivity index (χ1n) is 14.2. The molecule has 1 heterocycles. The summed E-state index contributed by atoms with van der Waals surface area (Å²) in [5, 5.41) is 12.9. The van der Waals surface area contributed by atoms with E-state index in [0.717, 1.165) is 0 Å². The molecule has 1 unspecified atom stereocenters. The molecule has 238 valence electrons. The number of nitrogens with one attached hydrogen (secondary N) is 1. The van der Waals surface area contributed by atoms with E-state index in [1.54, 1.807) is 60.6 Å². The van der Waals surface area contributed by atoms with Crippen LogP contribution in [0.3, 0.4) is 0 Å². The van der Waals surface area contributed by atoms with Crippen LogP contribution < -0.4 is 19.7 Å². The quantitative estimate of drug-likeness (QED) is 0.250. The van der Waals surface area contributed by atoms with Crippen molar-refractivity contribution in [1.82, 2.24) is 4.98 Å². The molecule has 11 nitrogen and oxygen atoms in total. The van der Waals surface area contributed by atoms with Crippen molar-refractivity contribution in [2.24, 2.45) is 0 Å². The first-order valence-corrected chi connectivity index (χ1v) is 14.2. The Hall–Kier alpha value is -4.61. The maximum atomic E-state index is 16.0. The number of carboxylic acids is 1. The molecule has 0 saturated heterocycles. The van der Waals surface area contributed by atoms with Gasteiger partial charge in [0.15, 0.2) is 29.2 Å². The second-order valence-corrected chi connectivity index (χ2v) is 12.2. The Morgan fingerprint density at radius 1 is 0.932 bits per heavy atom. The van der Waals surface area contributed by atoms with E-state index in [-0.39, 0.29) is 28.4 Å². The number of ether oxygens (including phenoxy) is 4. The molecule has 0 saturated carbocycles. The van der Waals surface area contributed by atoms with Gasteiger partial charge in [-0.2, -0.15) is 4.90 Å². The Labute approximate surface area is 256 Å². The number of aliphatic carboxylic acids is 1. The molecule has 2 N–H and O–H groups in total. The van der Waals surface area contributed by atoms with Gasteiger partial charge in [0.05, 0.1) is 18.4 Å². The van der Waals surface area contributed by atoms with Crippen molar-refractivity contribution in [3.05, 3.63) is 54.0 Å². The van der Waals surface area contributed by atoms with Crippen LogP contribution in [0.1, 0.15) is 73.9 Å². The van der Waals surface area contributed by atoms with Crippen LogP contribution in [-0.2, 0) is 14.3 Å². The average molecular weight is 614 g/mol. The van der Waals surface area contributed by atoms with E-state index in [1.165, 1.54) is 30.5 Å². The summed E-state index contributed by atoms with van der Waals surface area (Å²) in [4.78, 5) is 43.5. The number of carbonyl (C=O) groups is 3. The molecule has 0 spiro atoms. The molecule has 3 rings (SSSR count). The number of amides is 2. The van der Waals surface area contributed by atoms with Crippen molar-refractivity contribution in [1.29, 1.82) is 0 Å². The van der Waals surface area contributed by atoms with Crippen molar-refractivity contribution in [3.8, 4) is 11.5 Å². The predicted molar refractivity (Wildman–Crippen MR) is 164 cm³/mol. The van der Waals surface area contributed by atoms with E-state index in [0.29, 0.717) is 28.6 Å². The van der Waals surface area contributed by atoms with E-state index >= 15 is 4.39 Å². The summed E-state index contributed by atoms with van der Waals surface area (Å²) in [6.45, 7) is 15.6. The Balaban J connectivity index is 2.08. The third-order valence-corrected chi connectivity index (χ3v) is 5.73. The molecular weight excluding hydrogens is 573 g/mol. The molecule has 12 heteroatoms. The molecule has 3 aromatic rings. The van der Waals surface area contributed by atoms with Gasteiger partial charge in [-0.1, -0.05) is 6.07 Å². The number of hydrogen-bond donors (Lipinski definition) is 2. The van der Waals surface area contributed by atoms with Crippen molar-refractivity contribution in [2.75, 3.05) is 16.8 Å². The molecule has 0 aliphatic carbocycles. The number of carboxylic acid groups (broad SMARTS) is 1. The Morgan fingerprint density at radius 2 is 1.55 bits per heavy atom. The highest BCUT2D eigenvalue weighted by Crippen LogP contribution is 2.36. The van der Waals surface area contributed by atoms with Gasteiger partial charge >= 0.3 is 18.2 Å². The van der Waals surface area contributed by atoms with E-state index in [9.17, 15) is 19.5 Å². The Morgan fingerprint density at radius 3 is 2.07 bits per heavy atom. The van der Waals surface area contributed by atoms with Crippen LogP contribution in [-0.4, -0.2) is 52.2 Å². The molecule has 0 radical (unpaired) electrons. The van der Waals surface area contributed by atoms with Crippen LogP contribution >= 0.6 is 0 Å². The van der Waals surface area contributed by atoms with Crippen LogP contribution in [0.25, 0.3) is 10.8 Å². The first kappa shape index (κ1) is 33.9. The highest BCUT2D eigenvalue weighted by molar-refractivity contribution is 6.14. The van der Waals surface area contributed by atoms with Gasteiger partial charge < -0.3 is 29.4 Å². The first-order chi connectivity index (χ1) is 20.4. The van der Waals surface area contributed by atoms with Gasteiger partial charge in [-0.25, -0.2) is 23.8 Å². The summed E-state index contributed by atoms with van der Waals surface area (Å²) in [5.74, 6) is -1.50. The summed E-state index contributed by atoms with van der Waals surface area (Å²) < 4.78 is 38.3. The number of hydrogen-bond acceptors (Lipinski definition) is 9. The van der Waals surface area contributed by atoms with Gasteiger partial charge in [0.2, 0.25) is 0 Å². The summed E-state index contributed by atoms with van der Waals surface area (Å²) in [7, 11) is 0. The lowest BCUT2D eigenvalue weighted by molar-refractivity contribution is -0.138. The van der Waals surface area contributed by atoms with Gasteiger partial charge in [0.25, 0.3) is 0 Å². The third-order valence-electron chi connectivity index (χ3n) is 5.73. The normalized spacial score (nSPS) is 12.4.